The molecule has 2 heterocycles. The third-order valence-electron chi connectivity index (χ3n) is 3.43. The number of carbonyl (C=O) groups is 1. The van der Waals surface area contributed by atoms with Crippen molar-refractivity contribution < 1.29 is 35.8 Å². The van der Waals surface area contributed by atoms with Crippen molar-refractivity contribution in [1.29, 1.82) is 0 Å². The summed E-state index contributed by atoms with van der Waals surface area (Å²) in [5.41, 5.74) is 0. The number of aromatic nitrogens is 3. The first-order chi connectivity index (χ1) is 14.1. The highest BCUT2D eigenvalue weighted by Gasteiger charge is 2.29. The number of pyridine rings is 1. The van der Waals surface area contributed by atoms with Crippen LogP contribution < -0.4 is 19.5 Å². The minimum Gasteiger partial charge on any atom is -0.481 e. The van der Waals surface area contributed by atoms with Gasteiger partial charge in [0.1, 0.15) is 4.90 Å². The van der Waals surface area contributed by atoms with Gasteiger partial charge in [-0.2, -0.15) is 18.4 Å². The second-order valence-corrected chi connectivity index (χ2v) is 9.13. The SMILES string of the molecule is COCCS(=O)(=O)c1cccnc1S(=O)(=O)NC(=O)Nc1nc(OC)cc(OC)n1. The minimum atomic E-state index is -4.66. The van der Waals surface area contributed by atoms with Gasteiger partial charge in [0.05, 0.1) is 32.6 Å². The van der Waals surface area contributed by atoms with Gasteiger partial charge in [-0.15, -0.1) is 0 Å². The van der Waals surface area contributed by atoms with Crippen molar-refractivity contribution in [2.45, 2.75) is 9.92 Å². The summed E-state index contributed by atoms with van der Waals surface area (Å²) < 4.78 is 66.3. The maximum Gasteiger partial charge on any atom is 0.335 e. The van der Waals surface area contributed by atoms with Crippen molar-refractivity contribution in [2.75, 3.05) is 39.0 Å². The predicted octanol–water partition coefficient (Wildman–Crippen LogP) is -0.181. The number of hydrogen-bond acceptors (Lipinski definition) is 11. The molecule has 0 fully saturated rings. The van der Waals surface area contributed by atoms with Crippen LogP contribution in [0.3, 0.4) is 0 Å². The second-order valence-electron chi connectivity index (χ2n) is 5.45. The fourth-order valence-corrected chi connectivity index (χ4v) is 4.93. The van der Waals surface area contributed by atoms with E-state index in [4.69, 9.17) is 14.2 Å². The topological polar surface area (TPSA) is 176 Å². The van der Waals surface area contributed by atoms with Crippen LogP contribution in [0.5, 0.6) is 11.8 Å². The van der Waals surface area contributed by atoms with E-state index in [9.17, 15) is 21.6 Å². The molecule has 0 spiro atoms. The molecule has 0 aliphatic heterocycles. The average Bonchev–Trinajstić information content (AvgIpc) is 2.71. The van der Waals surface area contributed by atoms with Gasteiger partial charge in [0.15, 0.2) is 14.9 Å². The van der Waals surface area contributed by atoms with E-state index < -0.39 is 41.6 Å². The number of nitrogens with one attached hydrogen (secondary N) is 2. The molecule has 0 saturated carbocycles. The van der Waals surface area contributed by atoms with Crippen LogP contribution in [-0.2, 0) is 24.6 Å². The summed E-state index contributed by atoms with van der Waals surface area (Å²) in [4.78, 5) is 22.9. The van der Waals surface area contributed by atoms with E-state index in [0.29, 0.717) is 0 Å². The van der Waals surface area contributed by atoms with Crippen molar-refractivity contribution in [3.05, 3.63) is 24.4 Å². The monoisotopic (exact) mass is 461 g/mol. The smallest absolute Gasteiger partial charge is 0.335 e. The molecule has 0 aromatic carbocycles. The molecule has 30 heavy (non-hydrogen) atoms. The Hall–Kier alpha value is -3.04. The quantitative estimate of drug-likeness (QED) is 0.506. The van der Waals surface area contributed by atoms with Crippen LogP contribution >= 0.6 is 0 Å². The highest BCUT2D eigenvalue weighted by Crippen LogP contribution is 2.20. The Balaban J connectivity index is 2.29. The van der Waals surface area contributed by atoms with E-state index in [1.54, 1.807) is 4.72 Å². The average molecular weight is 461 g/mol. The van der Waals surface area contributed by atoms with Crippen molar-refractivity contribution in [2.24, 2.45) is 0 Å². The second kappa shape index (κ2) is 9.64. The summed E-state index contributed by atoms with van der Waals surface area (Å²) in [5, 5.41) is 1.27. The molecule has 164 valence electrons. The maximum atomic E-state index is 12.6. The van der Waals surface area contributed by atoms with Crippen LogP contribution in [0.2, 0.25) is 0 Å². The van der Waals surface area contributed by atoms with E-state index in [0.717, 1.165) is 12.3 Å². The van der Waals surface area contributed by atoms with Gasteiger partial charge >= 0.3 is 6.03 Å². The Morgan fingerprint density at radius 1 is 1.07 bits per heavy atom. The lowest BCUT2D eigenvalue weighted by Crippen LogP contribution is -2.36. The van der Waals surface area contributed by atoms with Gasteiger partial charge in [0.2, 0.25) is 17.7 Å². The molecule has 15 heteroatoms. The van der Waals surface area contributed by atoms with Gasteiger partial charge in [-0.25, -0.2) is 22.9 Å². The zero-order valence-corrected chi connectivity index (χ0v) is 17.8. The fraction of sp³-hybridized carbons (Fsp3) is 0.333. The highest BCUT2D eigenvalue weighted by molar-refractivity contribution is 7.93. The van der Waals surface area contributed by atoms with Gasteiger partial charge in [0, 0.05) is 13.3 Å². The van der Waals surface area contributed by atoms with E-state index in [1.165, 1.54) is 33.5 Å². The molecule has 0 aliphatic rings. The largest absolute Gasteiger partial charge is 0.481 e. The van der Waals surface area contributed by atoms with Crippen molar-refractivity contribution in [1.82, 2.24) is 19.7 Å². The molecule has 0 atom stereocenters. The summed E-state index contributed by atoms with van der Waals surface area (Å²) >= 11 is 0. The van der Waals surface area contributed by atoms with Crippen LogP contribution in [0.25, 0.3) is 0 Å². The van der Waals surface area contributed by atoms with Crippen molar-refractivity contribution in [3.63, 3.8) is 0 Å². The van der Waals surface area contributed by atoms with Crippen LogP contribution in [-0.4, -0.2) is 71.5 Å². The van der Waals surface area contributed by atoms with Crippen LogP contribution in [0.1, 0.15) is 0 Å². The van der Waals surface area contributed by atoms with Gasteiger partial charge in [-0.1, -0.05) is 0 Å². The lowest BCUT2D eigenvalue weighted by molar-refractivity contribution is 0.217. The molecule has 2 N–H and O–H groups in total. The van der Waals surface area contributed by atoms with Gasteiger partial charge in [-0.05, 0) is 12.1 Å². The lowest BCUT2D eigenvalue weighted by Gasteiger charge is -2.12. The van der Waals surface area contributed by atoms with Crippen molar-refractivity contribution in [3.8, 4) is 11.8 Å². The van der Waals surface area contributed by atoms with Gasteiger partial charge in [0.25, 0.3) is 10.0 Å². The Labute approximate surface area is 172 Å². The van der Waals surface area contributed by atoms with E-state index in [1.807, 2.05) is 0 Å². The number of carbonyl (C=O) groups excluding carboxylic acids is 1. The van der Waals surface area contributed by atoms with Crippen LogP contribution in [0.15, 0.2) is 34.3 Å². The number of ether oxygens (including phenoxy) is 3. The van der Waals surface area contributed by atoms with Crippen LogP contribution in [0.4, 0.5) is 10.7 Å². The first-order valence-electron chi connectivity index (χ1n) is 8.10. The van der Waals surface area contributed by atoms with Gasteiger partial charge in [-0.3, -0.25) is 5.32 Å². The standard InChI is InChI=1S/C15H19N5O8S2/c1-26-7-8-29(22,23)10-5-4-6-16-13(10)30(24,25)20-15(21)19-14-17-11(27-2)9-12(18-14)28-3/h4-6,9H,7-8H2,1-3H3,(H2,17,18,19,20,21). The number of sulfone groups is 1. The normalized spacial score (nSPS) is 11.6. The molecular weight excluding hydrogens is 442 g/mol. The number of urea groups is 1. The zero-order chi connectivity index (χ0) is 22.4. The van der Waals surface area contributed by atoms with Crippen molar-refractivity contribution >= 4 is 31.8 Å². The number of sulfonamides is 1. The molecule has 0 unspecified atom stereocenters. The zero-order valence-electron chi connectivity index (χ0n) is 16.1. The highest BCUT2D eigenvalue weighted by atomic mass is 32.2. The maximum absolute atomic E-state index is 12.6. The lowest BCUT2D eigenvalue weighted by atomic mass is 10.5. The summed E-state index contributed by atoms with van der Waals surface area (Å²) in [5.74, 6) is -0.679. The first kappa shape index (κ1) is 23.2. The Kier molecular flexibility index (Phi) is 7.47. The number of rotatable bonds is 9. The van der Waals surface area contributed by atoms with Crippen LogP contribution in [0, 0.1) is 0 Å². The Bertz CT molecular complexity index is 1100. The molecule has 0 radical (unpaired) electrons. The number of hydrogen-bond donors (Lipinski definition) is 2. The van der Waals surface area contributed by atoms with Gasteiger partial charge < -0.3 is 14.2 Å². The third kappa shape index (κ3) is 5.74. The summed E-state index contributed by atoms with van der Waals surface area (Å²) in [7, 11) is -4.76. The summed E-state index contributed by atoms with van der Waals surface area (Å²) in [6.07, 6.45) is 1.08. The first-order valence-corrected chi connectivity index (χ1v) is 11.2. The molecular formula is C15H19N5O8S2. The Morgan fingerprint density at radius 2 is 1.70 bits per heavy atom. The number of methoxy groups -OCH3 is 3. The summed E-state index contributed by atoms with van der Waals surface area (Å²) in [6.45, 7) is -0.153. The number of anilines is 1. The number of amides is 2. The minimum absolute atomic E-state index is 0.0521. The molecule has 13 nitrogen and oxygen atoms in total. The third-order valence-corrected chi connectivity index (χ3v) is 6.55. The molecule has 0 bridgehead atoms. The molecule has 2 aromatic heterocycles. The predicted molar refractivity (Wildman–Crippen MR) is 103 cm³/mol. The van der Waals surface area contributed by atoms with E-state index in [2.05, 4.69) is 20.3 Å². The number of nitrogens with zero attached hydrogens (tertiary/aromatic N) is 3. The fourth-order valence-electron chi connectivity index (χ4n) is 2.08. The molecule has 0 saturated heterocycles. The summed E-state index contributed by atoms with van der Waals surface area (Å²) in [6, 6.07) is 2.41. The molecule has 2 amide bonds. The van der Waals surface area contributed by atoms with E-state index in [-0.39, 0.29) is 24.3 Å². The molecule has 2 aromatic rings. The Morgan fingerprint density at radius 3 is 2.27 bits per heavy atom. The molecule has 0 aliphatic carbocycles. The molecule has 2 rings (SSSR count). The van der Waals surface area contributed by atoms with E-state index >= 15 is 0 Å².